The monoisotopic (exact) mass is 505 g/mol. The Balaban J connectivity index is 1.32. The molecule has 3 fully saturated rings. The van der Waals surface area contributed by atoms with Gasteiger partial charge in [0.05, 0.1) is 11.5 Å². The normalized spacial score (nSPS) is 26.9. The van der Waals surface area contributed by atoms with Gasteiger partial charge in [0.25, 0.3) is 5.91 Å². The number of thioether (sulfide) groups is 1. The molecule has 0 spiro atoms. The van der Waals surface area contributed by atoms with Gasteiger partial charge in [-0.2, -0.15) is 0 Å². The van der Waals surface area contributed by atoms with Gasteiger partial charge < -0.3 is 19.9 Å². The van der Waals surface area contributed by atoms with Gasteiger partial charge in [-0.05, 0) is 56.7 Å². The van der Waals surface area contributed by atoms with Crippen LogP contribution in [-0.4, -0.2) is 71.8 Å². The molecule has 0 aromatic heterocycles. The lowest BCUT2D eigenvalue weighted by Crippen LogP contribution is -2.53. The first kappa shape index (κ1) is 24.9. The van der Waals surface area contributed by atoms with Gasteiger partial charge in [-0.15, -0.1) is 11.8 Å². The van der Waals surface area contributed by atoms with Crippen molar-refractivity contribution >= 4 is 47.3 Å². The first-order chi connectivity index (χ1) is 16.4. The van der Waals surface area contributed by atoms with Crippen LogP contribution in [0.5, 0.6) is 0 Å². The van der Waals surface area contributed by atoms with E-state index in [1.807, 2.05) is 37.4 Å². The highest BCUT2D eigenvalue weighted by Gasteiger charge is 2.43. The van der Waals surface area contributed by atoms with Gasteiger partial charge in [-0.3, -0.25) is 9.59 Å². The Hall–Kier alpha value is -2.19. The molecule has 34 heavy (non-hydrogen) atoms. The van der Waals surface area contributed by atoms with Gasteiger partial charge in [-0.1, -0.05) is 29.8 Å². The minimum atomic E-state index is -0.281. The molecule has 1 aromatic rings. The number of carbonyl (C=O) groups is 3. The van der Waals surface area contributed by atoms with Crippen molar-refractivity contribution in [2.75, 3.05) is 26.7 Å². The van der Waals surface area contributed by atoms with E-state index in [0.717, 1.165) is 31.2 Å². The summed E-state index contributed by atoms with van der Waals surface area (Å²) in [6.07, 6.45) is 5.42. The van der Waals surface area contributed by atoms with Gasteiger partial charge in [0.2, 0.25) is 5.91 Å². The summed E-state index contributed by atoms with van der Waals surface area (Å²) in [6.45, 7) is 3.35. The van der Waals surface area contributed by atoms with E-state index in [4.69, 9.17) is 16.3 Å². The van der Waals surface area contributed by atoms with Crippen molar-refractivity contribution in [2.45, 2.75) is 56.4 Å². The minimum absolute atomic E-state index is 0.0152. The summed E-state index contributed by atoms with van der Waals surface area (Å²) >= 11 is 7.91. The number of rotatable bonds is 4. The minimum Gasteiger partial charge on any atom is -0.450 e. The van der Waals surface area contributed by atoms with Crippen LogP contribution in [0.4, 0.5) is 4.79 Å². The maximum Gasteiger partial charge on any atom is 0.409 e. The number of likely N-dealkylation sites (N-methyl/N-ethyl adjacent to an activating group) is 1. The summed E-state index contributed by atoms with van der Waals surface area (Å²) in [5, 5.41) is 4.09. The Bertz CT molecular complexity index is 963. The van der Waals surface area contributed by atoms with Crippen LogP contribution in [-0.2, 0) is 14.3 Å². The molecule has 0 radical (unpaired) electrons. The zero-order valence-electron chi connectivity index (χ0n) is 19.7. The van der Waals surface area contributed by atoms with Crippen LogP contribution >= 0.6 is 23.4 Å². The first-order valence-corrected chi connectivity index (χ1v) is 13.2. The molecule has 184 valence electrons. The second kappa shape index (κ2) is 11.0. The third-order valence-electron chi connectivity index (χ3n) is 6.99. The van der Waals surface area contributed by atoms with Crippen molar-refractivity contribution < 1.29 is 19.1 Å². The summed E-state index contributed by atoms with van der Waals surface area (Å²) in [6, 6.07) is 7.62. The maximum absolute atomic E-state index is 13.1. The molecule has 2 saturated heterocycles. The average Bonchev–Trinajstić information content (AvgIpc) is 2.84. The van der Waals surface area contributed by atoms with Gasteiger partial charge in [0, 0.05) is 48.4 Å². The van der Waals surface area contributed by atoms with Crippen LogP contribution in [0.1, 0.15) is 44.6 Å². The number of hydrogen-bond acceptors (Lipinski definition) is 5. The summed E-state index contributed by atoms with van der Waals surface area (Å²) in [4.78, 5) is 42.2. The number of piperidine rings is 1. The molecule has 7 nitrogen and oxygen atoms in total. The first-order valence-electron chi connectivity index (χ1n) is 12.0. The maximum atomic E-state index is 13.1. The number of hydrogen-bond donors (Lipinski definition) is 1. The van der Waals surface area contributed by atoms with Crippen molar-refractivity contribution in [1.29, 1.82) is 0 Å². The smallest absolute Gasteiger partial charge is 0.409 e. The predicted octanol–water partition coefficient (Wildman–Crippen LogP) is 4.16. The van der Waals surface area contributed by atoms with E-state index < -0.39 is 0 Å². The second-order valence-corrected chi connectivity index (χ2v) is 10.8. The number of nitrogens with zero attached hydrogens (tertiary/aromatic N) is 2. The largest absolute Gasteiger partial charge is 0.450 e. The third kappa shape index (κ3) is 5.54. The number of fused-ring (bicyclic) bond motifs is 1. The molecule has 1 aromatic carbocycles. The molecular formula is C25H32ClN3O4S. The standard InChI is InChI=1S/C25H32ClN3O4S/c1-3-33-25(32)29-12-10-18(11-13-29)27-23(30)17-8-9-21-20(14-17)28(2)24(31)22(34-21)15-16-6-4-5-7-19(16)26/h4-7,15,17-18,20-21H,3,8-14H2,1-2H3,(H,27,30)/b22-15-. The number of halogens is 1. The zero-order chi connectivity index (χ0) is 24.2. The topological polar surface area (TPSA) is 79.0 Å². The van der Waals surface area contributed by atoms with E-state index in [9.17, 15) is 14.4 Å². The van der Waals surface area contributed by atoms with Crippen molar-refractivity contribution in [3.05, 3.63) is 39.8 Å². The lowest BCUT2D eigenvalue weighted by molar-refractivity contribution is -0.132. The molecule has 3 amide bonds. The van der Waals surface area contributed by atoms with Crippen LogP contribution in [0.15, 0.2) is 29.2 Å². The Kier molecular flexibility index (Phi) is 8.09. The van der Waals surface area contributed by atoms with E-state index >= 15 is 0 Å². The summed E-state index contributed by atoms with van der Waals surface area (Å²) in [7, 11) is 1.84. The third-order valence-corrected chi connectivity index (χ3v) is 8.73. The Morgan fingerprint density at radius 3 is 2.65 bits per heavy atom. The molecule has 0 bridgehead atoms. The van der Waals surface area contributed by atoms with E-state index in [0.29, 0.717) is 36.0 Å². The van der Waals surface area contributed by atoms with Crippen LogP contribution in [0.25, 0.3) is 6.08 Å². The van der Waals surface area contributed by atoms with Crippen molar-refractivity contribution in [3.8, 4) is 0 Å². The summed E-state index contributed by atoms with van der Waals surface area (Å²) < 4.78 is 5.06. The zero-order valence-corrected chi connectivity index (χ0v) is 21.2. The van der Waals surface area contributed by atoms with E-state index in [1.165, 1.54) is 0 Å². The second-order valence-electron chi connectivity index (χ2n) is 9.15. The fourth-order valence-electron chi connectivity index (χ4n) is 5.01. The fraction of sp³-hybridized carbons (Fsp3) is 0.560. The number of nitrogens with one attached hydrogen (secondary N) is 1. The molecule has 9 heteroatoms. The molecule has 3 aliphatic rings. The SMILES string of the molecule is CCOC(=O)N1CCC(NC(=O)C2CCC3S/C(=C\c4ccccc4Cl)C(=O)N(C)C3C2)CC1. The van der Waals surface area contributed by atoms with Gasteiger partial charge in [-0.25, -0.2) is 4.79 Å². The van der Waals surface area contributed by atoms with Crippen LogP contribution < -0.4 is 5.32 Å². The van der Waals surface area contributed by atoms with Gasteiger partial charge in [0.15, 0.2) is 0 Å². The van der Waals surface area contributed by atoms with Gasteiger partial charge in [0.1, 0.15) is 0 Å². The van der Waals surface area contributed by atoms with E-state index in [2.05, 4.69) is 5.32 Å². The Labute approximate surface area is 210 Å². The highest BCUT2D eigenvalue weighted by Crippen LogP contribution is 2.43. The predicted molar refractivity (Wildman–Crippen MR) is 134 cm³/mol. The number of amides is 3. The quantitative estimate of drug-likeness (QED) is 0.621. The average molecular weight is 506 g/mol. The molecule has 2 aliphatic heterocycles. The van der Waals surface area contributed by atoms with Crippen molar-refractivity contribution in [2.24, 2.45) is 5.92 Å². The lowest BCUT2D eigenvalue weighted by atomic mass is 9.83. The molecule has 2 heterocycles. The molecule has 4 rings (SSSR count). The molecule has 3 unspecified atom stereocenters. The highest BCUT2D eigenvalue weighted by molar-refractivity contribution is 8.04. The molecular weight excluding hydrogens is 474 g/mol. The molecule has 1 aliphatic carbocycles. The molecule has 3 atom stereocenters. The van der Waals surface area contributed by atoms with Crippen LogP contribution in [0.2, 0.25) is 5.02 Å². The molecule has 1 N–H and O–H groups in total. The fourth-order valence-corrected chi connectivity index (χ4v) is 6.67. The van der Waals surface area contributed by atoms with Gasteiger partial charge >= 0.3 is 6.09 Å². The number of carbonyl (C=O) groups excluding carboxylic acids is 3. The van der Waals surface area contributed by atoms with Crippen LogP contribution in [0.3, 0.4) is 0 Å². The Morgan fingerprint density at radius 1 is 1.21 bits per heavy atom. The van der Waals surface area contributed by atoms with Crippen molar-refractivity contribution in [1.82, 2.24) is 15.1 Å². The summed E-state index contributed by atoms with van der Waals surface area (Å²) in [5.74, 6) is -0.0517. The van der Waals surface area contributed by atoms with E-state index in [-0.39, 0.29) is 41.2 Å². The van der Waals surface area contributed by atoms with Crippen molar-refractivity contribution in [3.63, 3.8) is 0 Å². The number of ether oxygens (including phenoxy) is 1. The summed E-state index contributed by atoms with van der Waals surface area (Å²) in [5.41, 5.74) is 0.842. The van der Waals surface area contributed by atoms with E-state index in [1.54, 1.807) is 28.5 Å². The number of likely N-dealkylation sites (tertiary alicyclic amines) is 1. The number of benzene rings is 1. The lowest BCUT2D eigenvalue weighted by Gasteiger charge is -2.44. The molecule has 1 saturated carbocycles. The Morgan fingerprint density at radius 2 is 1.94 bits per heavy atom. The van der Waals surface area contributed by atoms with Crippen LogP contribution in [0, 0.1) is 5.92 Å². The highest BCUT2D eigenvalue weighted by atomic mass is 35.5.